The molecule has 0 aromatic carbocycles. The van der Waals surface area contributed by atoms with E-state index in [1.807, 2.05) is 30.1 Å². The predicted molar refractivity (Wildman–Crippen MR) is 66.6 cm³/mol. The van der Waals surface area contributed by atoms with E-state index in [-0.39, 0.29) is 0 Å². The Morgan fingerprint density at radius 2 is 2.27 bits per heavy atom. The first-order valence-electron chi connectivity index (χ1n) is 5.01. The van der Waals surface area contributed by atoms with Crippen molar-refractivity contribution in [1.29, 1.82) is 0 Å². The molecule has 4 heteroatoms. The summed E-state index contributed by atoms with van der Waals surface area (Å²) >= 11 is 5.24. The van der Waals surface area contributed by atoms with Gasteiger partial charge in [-0.25, -0.2) is 0 Å². The molecule has 0 amide bonds. The number of aromatic nitrogens is 1. The molecule has 0 atom stereocenters. The van der Waals surface area contributed by atoms with Crippen molar-refractivity contribution in [2.24, 2.45) is 0 Å². The molecule has 0 spiro atoms. The van der Waals surface area contributed by atoms with E-state index >= 15 is 0 Å². The summed E-state index contributed by atoms with van der Waals surface area (Å²) in [6.45, 7) is 4.88. The molecule has 15 heavy (non-hydrogen) atoms. The highest BCUT2D eigenvalue weighted by atomic mass is 32.1. The van der Waals surface area contributed by atoms with Gasteiger partial charge in [0.15, 0.2) is 5.11 Å². The van der Waals surface area contributed by atoms with Crippen molar-refractivity contribution >= 4 is 17.3 Å². The van der Waals surface area contributed by atoms with Crippen LogP contribution in [-0.4, -0.2) is 28.1 Å². The lowest BCUT2D eigenvalue weighted by molar-refractivity contribution is 0.474. The molecule has 0 aliphatic heterocycles. The SMILES string of the molecule is CC(C)NC(=S)N(C)Cc1ccccn1. The molecule has 0 saturated heterocycles. The lowest BCUT2D eigenvalue weighted by atomic mass is 10.3. The zero-order chi connectivity index (χ0) is 11.3. The second kappa shape index (κ2) is 5.66. The maximum absolute atomic E-state index is 5.24. The first-order chi connectivity index (χ1) is 7.09. The first-order valence-corrected chi connectivity index (χ1v) is 5.42. The molecular formula is C11H17N3S. The number of nitrogens with zero attached hydrogens (tertiary/aromatic N) is 2. The highest BCUT2D eigenvalue weighted by Gasteiger charge is 2.06. The third-order valence-electron chi connectivity index (χ3n) is 1.88. The number of nitrogens with one attached hydrogen (secondary N) is 1. The van der Waals surface area contributed by atoms with Crippen LogP contribution in [0.3, 0.4) is 0 Å². The third kappa shape index (κ3) is 4.25. The van der Waals surface area contributed by atoms with Gasteiger partial charge in [0.1, 0.15) is 0 Å². The zero-order valence-electron chi connectivity index (χ0n) is 9.40. The molecule has 0 aliphatic carbocycles. The van der Waals surface area contributed by atoms with Gasteiger partial charge in [-0.2, -0.15) is 0 Å². The van der Waals surface area contributed by atoms with E-state index < -0.39 is 0 Å². The number of thiocarbonyl (C=S) groups is 1. The van der Waals surface area contributed by atoms with E-state index in [0.29, 0.717) is 6.04 Å². The molecule has 0 radical (unpaired) electrons. The summed E-state index contributed by atoms with van der Waals surface area (Å²) in [7, 11) is 1.96. The minimum atomic E-state index is 0.365. The van der Waals surface area contributed by atoms with Crippen LogP contribution in [0.15, 0.2) is 24.4 Å². The molecule has 82 valence electrons. The lowest BCUT2D eigenvalue weighted by Gasteiger charge is -2.22. The van der Waals surface area contributed by atoms with Crippen LogP contribution in [0, 0.1) is 0 Å². The van der Waals surface area contributed by atoms with Crippen LogP contribution in [0.4, 0.5) is 0 Å². The molecule has 1 rings (SSSR count). The van der Waals surface area contributed by atoms with Gasteiger partial charge in [0.05, 0.1) is 12.2 Å². The molecule has 1 N–H and O–H groups in total. The van der Waals surface area contributed by atoms with Crippen molar-refractivity contribution in [2.45, 2.75) is 26.4 Å². The van der Waals surface area contributed by atoms with Gasteiger partial charge < -0.3 is 10.2 Å². The van der Waals surface area contributed by atoms with Gasteiger partial charge in [0, 0.05) is 19.3 Å². The second-order valence-electron chi connectivity index (χ2n) is 3.78. The maximum Gasteiger partial charge on any atom is 0.169 e. The van der Waals surface area contributed by atoms with Crippen LogP contribution in [0.2, 0.25) is 0 Å². The van der Waals surface area contributed by atoms with Gasteiger partial charge in [-0.15, -0.1) is 0 Å². The number of rotatable bonds is 3. The average molecular weight is 223 g/mol. The molecule has 1 heterocycles. The Morgan fingerprint density at radius 1 is 1.53 bits per heavy atom. The number of hydrogen-bond acceptors (Lipinski definition) is 2. The van der Waals surface area contributed by atoms with Gasteiger partial charge >= 0.3 is 0 Å². The summed E-state index contributed by atoms with van der Waals surface area (Å²) in [6.07, 6.45) is 1.79. The van der Waals surface area contributed by atoms with Gasteiger partial charge in [0.2, 0.25) is 0 Å². The molecular weight excluding hydrogens is 206 g/mol. The van der Waals surface area contributed by atoms with Crippen molar-refractivity contribution in [2.75, 3.05) is 7.05 Å². The van der Waals surface area contributed by atoms with Gasteiger partial charge in [0.25, 0.3) is 0 Å². The first kappa shape index (κ1) is 11.9. The Kier molecular flexibility index (Phi) is 4.49. The van der Waals surface area contributed by atoms with E-state index in [9.17, 15) is 0 Å². The monoisotopic (exact) mass is 223 g/mol. The van der Waals surface area contributed by atoms with E-state index in [4.69, 9.17) is 12.2 Å². The lowest BCUT2D eigenvalue weighted by Crippen LogP contribution is -2.40. The van der Waals surface area contributed by atoms with Gasteiger partial charge in [-0.3, -0.25) is 4.98 Å². The molecule has 0 saturated carbocycles. The fraction of sp³-hybridized carbons (Fsp3) is 0.455. The Morgan fingerprint density at radius 3 is 2.80 bits per heavy atom. The topological polar surface area (TPSA) is 28.2 Å². The van der Waals surface area contributed by atoms with Crippen molar-refractivity contribution in [1.82, 2.24) is 15.2 Å². The third-order valence-corrected chi connectivity index (χ3v) is 2.31. The summed E-state index contributed by atoms with van der Waals surface area (Å²) < 4.78 is 0. The highest BCUT2D eigenvalue weighted by Crippen LogP contribution is 1.99. The summed E-state index contributed by atoms with van der Waals surface area (Å²) in [6, 6.07) is 6.25. The summed E-state index contributed by atoms with van der Waals surface area (Å²) in [5.74, 6) is 0. The summed E-state index contributed by atoms with van der Waals surface area (Å²) in [5.41, 5.74) is 1.02. The smallest absolute Gasteiger partial charge is 0.169 e. The Bertz CT molecular complexity index is 311. The molecule has 3 nitrogen and oxygen atoms in total. The molecule has 0 fully saturated rings. The van der Waals surface area contributed by atoms with Crippen molar-refractivity contribution < 1.29 is 0 Å². The van der Waals surface area contributed by atoms with E-state index in [2.05, 4.69) is 24.1 Å². The van der Waals surface area contributed by atoms with Crippen molar-refractivity contribution in [3.05, 3.63) is 30.1 Å². The molecule has 0 unspecified atom stereocenters. The summed E-state index contributed by atoms with van der Waals surface area (Å²) in [5, 5.41) is 3.95. The minimum Gasteiger partial charge on any atom is -0.360 e. The fourth-order valence-corrected chi connectivity index (χ4v) is 1.46. The second-order valence-corrected chi connectivity index (χ2v) is 4.17. The van der Waals surface area contributed by atoms with Crippen LogP contribution in [0.25, 0.3) is 0 Å². The Hall–Kier alpha value is -1.16. The molecule has 0 aliphatic rings. The predicted octanol–water partition coefficient (Wildman–Crippen LogP) is 1.80. The summed E-state index contributed by atoms with van der Waals surface area (Å²) in [4.78, 5) is 6.23. The van der Waals surface area contributed by atoms with E-state index in [1.54, 1.807) is 6.20 Å². The molecule has 0 bridgehead atoms. The van der Waals surface area contributed by atoms with Crippen molar-refractivity contribution in [3.8, 4) is 0 Å². The average Bonchev–Trinajstić information content (AvgIpc) is 2.18. The maximum atomic E-state index is 5.24. The zero-order valence-corrected chi connectivity index (χ0v) is 10.2. The fourth-order valence-electron chi connectivity index (χ4n) is 1.16. The highest BCUT2D eigenvalue weighted by molar-refractivity contribution is 7.80. The van der Waals surface area contributed by atoms with Crippen LogP contribution in [-0.2, 0) is 6.54 Å². The van der Waals surface area contributed by atoms with E-state index in [0.717, 1.165) is 17.4 Å². The Labute approximate surface area is 96.5 Å². The standard InChI is InChI=1S/C11H17N3S/c1-9(2)13-11(15)14(3)8-10-6-4-5-7-12-10/h4-7,9H,8H2,1-3H3,(H,13,15). The largest absolute Gasteiger partial charge is 0.360 e. The molecule has 1 aromatic rings. The number of hydrogen-bond donors (Lipinski definition) is 1. The minimum absolute atomic E-state index is 0.365. The normalized spacial score (nSPS) is 10.1. The molecule has 1 aromatic heterocycles. The van der Waals surface area contributed by atoms with Crippen LogP contribution >= 0.6 is 12.2 Å². The Balaban J connectivity index is 2.49. The van der Waals surface area contributed by atoms with Gasteiger partial charge in [-0.1, -0.05) is 6.07 Å². The van der Waals surface area contributed by atoms with Crippen LogP contribution < -0.4 is 5.32 Å². The van der Waals surface area contributed by atoms with E-state index in [1.165, 1.54) is 0 Å². The van der Waals surface area contributed by atoms with Crippen LogP contribution in [0.5, 0.6) is 0 Å². The number of pyridine rings is 1. The van der Waals surface area contributed by atoms with Gasteiger partial charge in [-0.05, 0) is 38.2 Å². The quantitative estimate of drug-likeness (QED) is 0.791. The van der Waals surface area contributed by atoms with Crippen LogP contribution in [0.1, 0.15) is 19.5 Å². The van der Waals surface area contributed by atoms with Crippen molar-refractivity contribution in [3.63, 3.8) is 0 Å².